The molecule has 0 spiro atoms. The van der Waals surface area contributed by atoms with Crippen LogP contribution in [0, 0.1) is 18.6 Å². The molecule has 1 amide bonds. The summed E-state index contributed by atoms with van der Waals surface area (Å²) in [5.74, 6) is -1.57. The van der Waals surface area contributed by atoms with E-state index in [9.17, 15) is 13.6 Å². The number of nitrogens with zero attached hydrogens (tertiary/aromatic N) is 1. The summed E-state index contributed by atoms with van der Waals surface area (Å²) in [5.41, 5.74) is 0.200. The van der Waals surface area contributed by atoms with Crippen LogP contribution in [0.1, 0.15) is 18.0 Å². The zero-order chi connectivity index (χ0) is 13.8. The summed E-state index contributed by atoms with van der Waals surface area (Å²) in [6.45, 7) is 1.69. The molecule has 0 saturated carbocycles. The Kier molecular flexibility index (Phi) is 3.89. The van der Waals surface area contributed by atoms with Crippen LogP contribution in [0.4, 0.5) is 14.5 Å². The highest BCUT2D eigenvalue weighted by Gasteiger charge is 2.12. The molecule has 0 radical (unpaired) electrons. The Labute approximate surface area is 108 Å². The molecule has 0 aliphatic rings. The van der Waals surface area contributed by atoms with Crippen LogP contribution >= 0.6 is 0 Å². The summed E-state index contributed by atoms with van der Waals surface area (Å²) < 4.78 is 31.6. The lowest BCUT2D eigenvalue weighted by Crippen LogP contribution is -2.14. The number of nitrogens with one attached hydrogen (secondary N) is 1. The number of rotatable bonds is 4. The van der Waals surface area contributed by atoms with Crippen molar-refractivity contribution >= 4 is 11.6 Å². The van der Waals surface area contributed by atoms with Crippen molar-refractivity contribution in [2.24, 2.45) is 0 Å². The first-order chi connectivity index (χ1) is 9.06. The fraction of sp³-hybridized carbons (Fsp3) is 0.231. The molecule has 19 heavy (non-hydrogen) atoms. The maximum Gasteiger partial charge on any atom is 0.224 e. The largest absolute Gasteiger partial charge is 0.449 e. The first-order valence-electron chi connectivity index (χ1n) is 5.71. The van der Waals surface area contributed by atoms with Crippen LogP contribution in [0.5, 0.6) is 0 Å². The molecule has 100 valence electrons. The van der Waals surface area contributed by atoms with E-state index in [0.29, 0.717) is 18.0 Å². The summed E-state index contributed by atoms with van der Waals surface area (Å²) >= 11 is 0. The van der Waals surface area contributed by atoms with Gasteiger partial charge in [0.2, 0.25) is 5.91 Å². The van der Waals surface area contributed by atoms with Crippen LogP contribution in [0.15, 0.2) is 28.9 Å². The summed E-state index contributed by atoms with van der Waals surface area (Å²) in [5, 5.41) is 2.21. The van der Waals surface area contributed by atoms with Crippen molar-refractivity contribution in [1.82, 2.24) is 4.98 Å². The minimum absolute atomic E-state index is 0.0692. The number of aryl methyl sites for hydroxylation is 2. The Morgan fingerprint density at radius 1 is 1.37 bits per heavy atom. The molecule has 6 heteroatoms. The van der Waals surface area contributed by atoms with Crippen LogP contribution in [0.25, 0.3) is 0 Å². The molecule has 0 aliphatic heterocycles. The second kappa shape index (κ2) is 5.60. The van der Waals surface area contributed by atoms with Crippen molar-refractivity contribution in [3.63, 3.8) is 0 Å². The Morgan fingerprint density at radius 2 is 2.05 bits per heavy atom. The molecule has 0 saturated heterocycles. The van der Waals surface area contributed by atoms with Gasteiger partial charge in [0, 0.05) is 19.8 Å². The van der Waals surface area contributed by atoms with E-state index < -0.39 is 23.2 Å². The van der Waals surface area contributed by atoms with E-state index in [1.807, 2.05) is 0 Å². The minimum Gasteiger partial charge on any atom is -0.449 e. The quantitative estimate of drug-likeness (QED) is 0.925. The molecule has 1 aromatic heterocycles. The number of carbonyl (C=O) groups is 1. The van der Waals surface area contributed by atoms with Gasteiger partial charge in [-0.1, -0.05) is 6.07 Å². The van der Waals surface area contributed by atoms with E-state index in [-0.39, 0.29) is 6.42 Å². The molecule has 0 aliphatic carbocycles. The van der Waals surface area contributed by atoms with Crippen LogP contribution < -0.4 is 5.32 Å². The molecule has 1 heterocycles. The first-order valence-corrected chi connectivity index (χ1v) is 5.71. The number of hydrogen-bond donors (Lipinski definition) is 1. The highest BCUT2D eigenvalue weighted by atomic mass is 19.1. The zero-order valence-corrected chi connectivity index (χ0v) is 10.2. The molecular formula is C13H12F2N2O2. The molecule has 1 N–H and O–H groups in total. The highest BCUT2D eigenvalue weighted by molar-refractivity contribution is 5.91. The summed E-state index contributed by atoms with van der Waals surface area (Å²) in [6.07, 6.45) is 1.87. The zero-order valence-electron chi connectivity index (χ0n) is 10.2. The van der Waals surface area contributed by atoms with E-state index in [1.165, 1.54) is 12.3 Å². The van der Waals surface area contributed by atoms with Crippen LogP contribution in [0.3, 0.4) is 0 Å². The normalized spacial score (nSPS) is 10.5. The molecule has 4 nitrogen and oxygen atoms in total. The maximum atomic E-state index is 13.3. The summed E-state index contributed by atoms with van der Waals surface area (Å²) in [7, 11) is 0. The van der Waals surface area contributed by atoms with Gasteiger partial charge in [0.05, 0.1) is 5.69 Å². The summed E-state index contributed by atoms with van der Waals surface area (Å²) in [6, 6.07) is 3.40. The maximum absolute atomic E-state index is 13.3. The SMILES string of the molecule is Cc1nc(CCC(=O)Nc2c(F)cccc2F)co1. The predicted molar refractivity (Wildman–Crippen MR) is 64.5 cm³/mol. The number of para-hydroxylation sites is 1. The molecule has 0 unspecified atom stereocenters. The van der Waals surface area contributed by atoms with E-state index in [0.717, 1.165) is 12.1 Å². The lowest BCUT2D eigenvalue weighted by Gasteiger charge is -2.06. The average Bonchev–Trinajstić information content (AvgIpc) is 2.77. The van der Waals surface area contributed by atoms with Crippen molar-refractivity contribution in [3.8, 4) is 0 Å². The van der Waals surface area contributed by atoms with E-state index in [2.05, 4.69) is 10.3 Å². The van der Waals surface area contributed by atoms with Crippen LogP contribution in [-0.2, 0) is 11.2 Å². The van der Waals surface area contributed by atoms with Gasteiger partial charge in [-0.25, -0.2) is 13.8 Å². The molecule has 1 aromatic carbocycles. The molecule has 0 atom stereocenters. The topological polar surface area (TPSA) is 55.1 Å². The van der Waals surface area contributed by atoms with E-state index in [4.69, 9.17) is 4.42 Å². The van der Waals surface area contributed by atoms with Gasteiger partial charge in [0.1, 0.15) is 23.6 Å². The predicted octanol–water partition coefficient (Wildman–Crippen LogP) is 2.83. The van der Waals surface area contributed by atoms with Gasteiger partial charge in [-0.2, -0.15) is 0 Å². The third-order valence-electron chi connectivity index (χ3n) is 2.50. The number of anilines is 1. The van der Waals surface area contributed by atoms with Crippen LogP contribution in [0.2, 0.25) is 0 Å². The Morgan fingerprint density at radius 3 is 2.63 bits per heavy atom. The highest BCUT2D eigenvalue weighted by Crippen LogP contribution is 2.18. The Balaban J connectivity index is 1.94. The Bertz CT molecular complexity index is 576. The molecule has 0 fully saturated rings. The van der Waals surface area contributed by atoms with E-state index >= 15 is 0 Å². The van der Waals surface area contributed by atoms with E-state index in [1.54, 1.807) is 6.92 Å². The fourth-order valence-electron chi connectivity index (χ4n) is 1.58. The van der Waals surface area contributed by atoms with Gasteiger partial charge in [-0.15, -0.1) is 0 Å². The van der Waals surface area contributed by atoms with Gasteiger partial charge in [-0.05, 0) is 12.1 Å². The second-order valence-electron chi connectivity index (χ2n) is 4.00. The number of benzene rings is 1. The number of aromatic nitrogens is 1. The molecule has 2 rings (SSSR count). The van der Waals surface area contributed by atoms with Crippen molar-refractivity contribution in [3.05, 3.63) is 47.7 Å². The van der Waals surface area contributed by atoms with Crippen molar-refractivity contribution in [1.29, 1.82) is 0 Å². The van der Waals surface area contributed by atoms with Crippen molar-refractivity contribution in [2.75, 3.05) is 5.32 Å². The monoisotopic (exact) mass is 266 g/mol. The third-order valence-corrected chi connectivity index (χ3v) is 2.50. The third kappa shape index (κ3) is 3.37. The van der Waals surface area contributed by atoms with Gasteiger partial charge in [-0.3, -0.25) is 4.79 Å². The number of oxazole rings is 1. The smallest absolute Gasteiger partial charge is 0.224 e. The molecular weight excluding hydrogens is 254 g/mol. The lowest BCUT2D eigenvalue weighted by molar-refractivity contribution is -0.116. The van der Waals surface area contributed by atoms with Crippen LogP contribution in [-0.4, -0.2) is 10.9 Å². The number of halogens is 2. The standard InChI is InChI=1S/C13H12F2N2O2/c1-8-16-9(7-19-8)5-6-12(18)17-13-10(14)3-2-4-11(13)15/h2-4,7H,5-6H2,1H3,(H,17,18). The first kappa shape index (κ1) is 13.2. The number of amides is 1. The number of carbonyl (C=O) groups excluding carboxylic acids is 1. The van der Waals surface area contributed by atoms with Gasteiger partial charge < -0.3 is 9.73 Å². The molecule has 0 bridgehead atoms. The average molecular weight is 266 g/mol. The van der Waals surface area contributed by atoms with Gasteiger partial charge in [0.25, 0.3) is 0 Å². The molecule has 2 aromatic rings. The fourth-order valence-corrected chi connectivity index (χ4v) is 1.58. The second-order valence-corrected chi connectivity index (χ2v) is 4.00. The van der Waals surface area contributed by atoms with Gasteiger partial charge in [0.15, 0.2) is 5.89 Å². The van der Waals surface area contributed by atoms with Gasteiger partial charge >= 0.3 is 0 Å². The van der Waals surface area contributed by atoms with Crippen molar-refractivity contribution in [2.45, 2.75) is 19.8 Å². The number of hydrogen-bond acceptors (Lipinski definition) is 3. The minimum atomic E-state index is -0.800. The van der Waals surface area contributed by atoms with Crippen molar-refractivity contribution < 1.29 is 18.0 Å². The lowest BCUT2D eigenvalue weighted by atomic mass is 10.2. The summed E-state index contributed by atoms with van der Waals surface area (Å²) in [4.78, 5) is 15.6. The Hall–Kier alpha value is -2.24.